The van der Waals surface area contributed by atoms with E-state index in [0.717, 1.165) is 31.6 Å². The second-order valence-electron chi connectivity index (χ2n) is 6.49. The van der Waals surface area contributed by atoms with Crippen molar-refractivity contribution in [3.63, 3.8) is 0 Å². The number of rotatable bonds is 3. The number of piperidine rings is 2. The first-order valence-corrected chi connectivity index (χ1v) is 8.58. The Morgan fingerprint density at radius 2 is 2.00 bits per heavy atom. The molecule has 118 valence electrons. The number of nitrogens with zero attached hydrogens (tertiary/aromatic N) is 1. The topological polar surface area (TPSA) is 32.3 Å². The molecular formula is C19H26N2O. The number of carbonyl (C=O) groups excluding carboxylic acids is 1. The molecule has 0 bridgehead atoms. The Bertz CT molecular complexity index is 505. The molecular weight excluding hydrogens is 272 g/mol. The van der Waals surface area contributed by atoms with E-state index >= 15 is 0 Å². The molecule has 0 spiro atoms. The molecule has 2 fully saturated rings. The van der Waals surface area contributed by atoms with Crippen molar-refractivity contribution >= 4 is 12.0 Å². The minimum atomic E-state index is 0.157. The number of nitrogens with one attached hydrogen (secondary N) is 1. The van der Waals surface area contributed by atoms with Gasteiger partial charge in [0.05, 0.1) is 0 Å². The van der Waals surface area contributed by atoms with Gasteiger partial charge in [0.25, 0.3) is 0 Å². The lowest BCUT2D eigenvalue weighted by molar-refractivity contribution is -0.128. The largest absolute Gasteiger partial charge is 0.339 e. The third-order valence-corrected chi connectivity index (χ3v) is 4.90. The summed E-state index contributed by atoms with van der Waals surface area (Å²) in [5, 5.41) is 3.65. The summed E-state index contributed by atoms with van der Waals surface area (Å²) in [4.78, 5) is 14.5. The van der Waals surface area contributed by atoms with Crippen LogP contribution in [0.25, 0.3) is 6.08 Å². The number of amides is 1. The molecule has 1 amide bonds. The summed E-state index contributed by atoms with van der Waals surface area (Å²) in [6.07, 6.45) is 9.93. The van der Waals surface area contributed by atoms with Crippen LogP contribution in [0.1, 0.15) is 37.7 Å². The number of likely N-dealkylation sites (tertiary alicyclic amines) is 1. The minimum Gasteiger partial charge on any atom is -0.339 e. The van der Waals surface area contributed by atoms with Crippen LogP contribution in [0.2, 0.25) is 0 Å². The smallest absolute Gasteiger partial charge is 0.246 e. The molecule has 0 aliphatic carbocycles. The number of hydrogen-bond acceptors (Lipinski definition) is 2. The van der Waals surface area contributed by atoms with E-state index in [-0.39, 0.29) is 5.91 Å². The fourth-order valence-corrected chi connectivity index (χ4v) is 3.66. The monoisotopic (exact) mass is 298 g/mol. The fourth-order valence-electron chi connectivity index (χ4n) is 3.66. The Morgan fingerprint density at radius 3 is 2.77 bits per heavy atom. The molecule has 2 unspecified atom stereocenters. The lowest BCUT2D eigenvalue weighted by Gasteiger charge is -2.38. The summed E-state index contributed by atoms with van der Waals surface area (Å²) in [6, 6.07) is 10.6. The van der Waals surface area contributed by atoms with Gasteiger partial charge in [0, 0.05) is 25.2 Å². The quantitative estimate of drug-likeness (QED) is 0.870. The van der Waals surface area contributed by atoms with Crippen LogP contribution < -0.4 is 5.32 Å². The first kappa shape index (κ1) is 15.3. The van der Waals surface area contributed by atoms with E-state index in [9.17, 15) is 4.79 Å². The molecule has 2 saturated heterocycles. The van der Waals surface area contributed by atoms with Gasteiger partial charge in [-0.1, -0.05) is 36.8 Å². The van der Waals surface area contributed by atoms with Crippen LogP contribution in [0.4, 0.5) is 0 Å². The maximum Gasteiger partial charge on any atom is 0.246 e. The van der Waals surface area contributed by atoms with Crippen molar-refractivity contribution in [2.45, 2.75) is 38.1 Å². The second kappa shape index (κ2) is 7.59. The molecule has 1 aromatic carbocycles. The third-order valence-electron chi connectivity index (χ3n) is 4.90. The van der Waals surface area contributed by atoms with Gasteiger partial charge in [0.2, 0.25) is 5.91 Å². The normalized spacial score (nSPS) is 26.3. The average Bonchev–Trinajstić information content (AvgIpc) is 2.61. The van der Waals surface area contributed by atoms with Crippen LogP contribution in [-0.2, 0) is 4.79 Å². The highest BCUT2D eigenvalue weighted by Gasteiger charge is 2.29. The van der Waals surface area contributed by atoms with Crippen LogP contribution in [0.15, 0.2) is 36.4 Å². The van der Waals surface area contributed by atoms with Crippen molar-refractivity contribution < 1.29 is 4.79 Å². The average molecular weight is 298 g/mol. The molecule has 22 heavy (non-hydrogen) atoms. The zero-order valence-electron chi connectivity index (χ0n) is 13.2. The molecule has 0 radical (unpaired) electrons. The van der Waals surface area contributed by atoms with Gasteiger partial charge in [-0.05, 0) is 49.8 Å². The van der Waals surface area contributed by atoms with E-state index in [2.05, 4.69) is 5.32 Å². The second-order valence-corrected chi connectivity index (χ2v) is 6.49. The number of hydrogen-bond donors (Lipinski definition) is 1. The van der Waals surface area contributed by atoms with Gasteiger partial charge < -0.3 is 10.2 Å². The maximum absolute atomic E-state index is 12.4. The van der Waals surface area contributed by atoms with Gasteiger partial charge >= 0.3 is 0 Å². The fraction of sp³-hybridized carbons (Fsp3) is 0.526. The molecule has 3 nitrogen and oxygen atoms in total. The SMILES string of the molecule is O=C(C=Cc1ccccc1)N1CCCC(C2CCCCN2)C1. The van der Waals surface area contributed by atoms with E-state index < -0.39 is 0 Å². The van der Waals surface area contributed by atoms with Crippen LogP contribution in [-0.4, -0.2) is 36.5 Å². The molecule has 0 aromatic heterocycles. The molecule has 2 heterocycles. The molecule has 1 N–H and O–H groups in total. The van der Waals surface area contributed by atoms with Gasteiger partial charge in [0.15, 0.2) is 0 Å². The zero-order chi connectivity index (χ0) is 15.2. The van der Waals surface area contributed by atoms with Gasteiger partial charge in [-0.3, -0.25) is 4.79 Å². The molecule has 3 heteroatoms. The van der Waals surface area contributed by atoms with E-state index in [1.54, 1.807) is 6.08 Å². The molecule has 2 atom stereocenters. The molecule has 2 aliphatic heterocycles. The highest BCUT2D eigenvalue weighted by atomic mass is 16.2. The van der Waals surface area contributed by atoms with Crippen LogP contribution in [0, 0.1) is 5.92 Å². The Morgan fingerprint density at radius 1 is 1.14 bits per heavy atom. The Hall–Kier alpha value is -1.61. The minimum absolute atomic E-state index is 0.157. The van der Waals surface area contributed by atoms with E-state index in [0.29, 0.717) is 12.0 Å². The van der Waals surface area contributed by atoms with E-state index in [1.165, 1.54) is 25.7 Å². The van der Waals surface area contributed by atoms with Crippen molar-refractivity contribution in [1.29, 1.82) is 0 Å². The highest BCUT2D eigenvalue weighted by molar-refractivity contribution is 5.91. The van der Waals surface area contributed by atoms with Crippen LogP contribution in [0.3, 0.4) is 0 Å². The van der Waals surface area contributed by atoms with E-state index in [1.807, 2.05) is 41.3 Å². The lowest BCUT2D eigenvalue weighted by atomic mass is 9.86. The summed E-state index contributed by atoms with van der Waals surface area (Å²) < 4.78 is 0. The predicted molar refractivity (Wildman–Crippen MR) is 90.4 cm³/mol. The summed E-state index contributed by atoms with van der Waals surface area (Å²) in [6.45, 7) is 2.96. The first-order chi connectivity index (χ1) is 10.8. The molecule has 3 rings (SSSR count). The predicted octanol–water partition coefficient (Wildman–Crippen LogP) is 3.08. The van der Waals surface area contributed by atoms with Gasteiger partial charge in [-0.25, -0.2) is 0 Å². The number of carbonyl (C=O) groups is 1. The van der Waals surface area contributed by atoms with Crippen LogP contribution in [0.5, 0.6) is 0 Å². The summed E-state index contributed by atoms with van der Waals surface area (Å²) >= 11 is 0. The van der Waals surface area contributed by atoms with Crippen molar-refractivity contribution in [2.75, 3.05) is 19.6 Å². The van der Waals surface area contributed by atoms with Gasteiger partial charge in [-0.15, -0.1) is 0 Å². The molecule has 0 saturated carbocycles. The van der Waals surface area contributed by atoms with Crippen molar-refractivity contribution in [3.05, 3.63) is 42.0 Å². The van der Waals surface area contributed by atoms with Crippen molar-refractivity contribution in [2.24, 2.45) is 5.92 Å². The molecule has 2 aliphatic rings. The summed E-state index contributed by atoms with van der Waals surface area (Å²) in [7, 11) is 0. The first-order valence-electron chi connectivity index (χ1n) is 8.58. The zero-order valence-corrected chi connectivity index (χ0v) is 13.2. The molecule has 1 aromatic rings. The Kier molecular flexibility index (Phi) is 5.28. The van der Waals surface area contributed by atoms with Gasteiger partial charge in [-0.2, -0.15) is 0 Å². The van der Waals surface area contributed by atoms with Crippen molar-refractivity contribution in [1.82, 2.24) is 10.2 Å². The van der Waals surface area contributed by atoms with Gasteiger partial charge in [0.1, 0.15) is 0 Å². The Labute approximate surface area is 133 Å². The van der Waals surface area contributed by atoms with Crippen LogP contribution >= 0.6 is 0 Å². The number of benzene rings is 1. The third kappa shape index (κ3) is 3.98. The lowest BCUT2D eigenvalue weighted by Crippen LogP contribution is -2.48. The maximum atomic E-state index is 12.4. The highest BCUT2D eigenvalue weighted by Crippen LogP contribution is 2.24. The van der Waals surface area contributed by atoms with Crippen molar-refractivity contribution in [3.8, 4) is 0 Å². The summed E-state index contributed by atoms with van der Waals surface area (Å²) in [5.41, 5.74) is 1.08. The standard InChI is InChI=1S/C19H26N2O/c22-19(12-11-16-7-2-1-3-8-16)21-14-6-9-17(15-21)18-10-4-5-13-20-18/h1-3,7-8,11-12,17-18,20H,4-6,9-10,13-15H2. The Balaban J connectivity index is 1.57. The summed E-state index contributed by atoms with van der Waals surface area (Å²) in [5.74, 6) is 0.785. The van der Waals surface area contributed by atoms with E-state index in [4.69, 9.17) is 0 Å².